The second-order valence-corrected chi connectivity index (χ2v) is 18.7. The second-order valence-electron chi connectivity index (χ2n) is 11.3. The van der Waals surface area contributed by atoms with E-state index < -0.39 is 20.2 Å². The molecule has 0 amide bonds. The van der Waals surface area contributed by atoms with Crippen molar-refractivity contribution in [3.05, 3.63) is 95.9 Å². The zero-order valence-electron chi connectivity index (χ0n) is 26.0. The number of benzene rings is 3. The zero-order valence-corrected chi connectivity index (χ0v) is 31.0. The number of aromatic nitrogens is 2. The molecule has 0 fully saturated rings. The standard InChI is InChI=1S/C33H33N3O7S4Se/c1-2-34-30(22-31-36(19-9-21-47(41,42)43)25-12-5-6-13-28(25)48-31)44-27(33(34)37)16-17-29-35(18-7-8-20-46(38,39)40)26-15-14-23-10-3-4-11-24(23)32(26)45-29/h3-6,10-17,22H,2,7-9,18-21H2,1H3,(H-,38,39,40,41,42,43)/p+1. The van der Waals surface area contributed by atoms with Crippen LogP contribution >= 0.6 is 23.1 Å². The van der Waals surface area contributed by atoms with Crippen LogP contribution in [0.15, 0.2) is 81.5 Å². The van der Waals surface area contributed by atoms with Crippen molar-refractivity contribution in [1.82, 2.24) is 4.57 Å². The number of hydrogen-bond donors (Lipinski definition) is 2. The van der Waals surface area contributed by atoms with E-state index in [9.17, 15) is 30.7 Å². The molecule has 252 valence electrons. The van der Waals surface area contributed by atoms with Gasteiger partial charge >= 0.3 is 247 Å². The van der Waals surface area contributed by atoms with Gasteiger partial charge in [0.1, 0.15) is 0 Å². The minimum atomic E-state index is -4.07. The van der Waals surface area contributed by atoms with Gasteiger partial charge in [0, 0.05) is 0 Å². The van der Waals surface area contributed by atoms with Crippen LogP contribution in [0.25, 0.3) is 32.7 Å². The van der Waals surface area contributed by atoms with Crippen LogP contribution in [0, 0.1) is 0 Å². The monoisotopic (exact) mass is 792 g/mol. The van der Waals surface area contributed by atoms with Gasteiger partial charge in [-0.1, -0.05) is 18.2 Å². The van der Waals surface area contributed by atoms with Crippen molar-refractivity contribution in [2.45, 2.75) is 44.2 Å². The average molecular weight is 792 g/mol. The number of fused-ring (bicyclic) bond motifs is 4. The van der Waals surface area contributed by atoms with Crippen molar-refractivity contribution >= 4 is 96.2 Å². The van der Waals surface area contributed by atoms with E-state index >= 15 is 0 Å². The number of unbranched alkanes of at least 4 members (excludes halogenated alkanes) is 1. The van der Waals surface area contributed by atoms with Crippen LogP contribution in [-0.2, 0) is 33.3 Å². The molecule has 3 heterocycles. The Hall–Kier alpha value is -3.01. The summed E-state index contributed by atoms with van der Waals surface area (Å²) >= 11 is 2.96. The Balaban J connectivity index is 1.38. The number of thioether (sulfide) groups is 1. The zero-order chi connectivity index (χ0) is 34.1. The number of thiazole rings is 1. The van der Waals surface area contributed by atoms with Crippen molar-refractivity contribution in [1.29, 1.82) is 0 Å². The van der Waals surface area contributed by atoms with Crippen molar-refractivity contribution in [2.24, 2.45) is 0 Å². The first-order chi connectivity index (χ1) is 22.9. The summed E-state index contributed by atoms with van der Waals surface area (Å²) in [7, 11) is -8.11. The molecular formula is C33H34N3O7S4Se+. The molecule has 2 N–H and O–H groups in total. The molecule has 0 saturated carbocycles. The molecule has 6 rings (SSSR count). The molecule has 0 atom stereocenters. The van der Waals surface area contributed by atoms with Crippen LogP contribution in [0.3, 0.4) is 0 Å². The van der Waals surface area contributed by atoms with E-state index in [0.717, 1.165) is 41.1 Å². The Bertz CT molecular complexity index is 2450. The normalized spacial score (nSPS) is 15.4. The molecule has 0 bridgehead atoms. The average Bonchev–Trinajstić information content (AvgIpc) is 3.67. The van der Waals surface area contributed by atoms with Gasteiger partial charge in [-0.25, -0.2) is 0 Å². The van der Waals surface area contributed by atoms with Gasteiger partial charge in [0.05, 0.1) is 5.75 Å². The van der Waals surface area contributed by atoms with Crippen LogP contribution < -0.4 is 24.2 Å². The molecule has 48 heavy (non-hydrogen) atoms. The first-order valence-electron chi connectivity index (χ1n) is 15.3. The fraction of sp³-hybridized carbons (Fsp3) is 0.273. The summed E-state index contributed by atoms with van der Waals surface area (Å²) in [5, 5.41) is 3.15. The summed E-state index contributed by atoms with van der Waals surface area (Å²) < 4.78 is 71.3. The maximum absolute atomic E-state index is 13.6. The van der Waals surface area contributed by atoms with E-state index in [1.54, 1.807) is 16.3 Å². The Morgan fingerprint density at radius 3 is 2.40 bits per heavy atom. The van der Waals surface area contributed by atoms with E-state index in [2.05, 4.69) is 39.8 Å². The van der Waals surface area contributed by atoms with E-state index in [1.807, 2.05) is 55.5 Å². The van der Waals surface area contributed by atoms with E-state index in [4.69, 9.17) is 0 Å². The molecular weight excluding hydrogens is 758 g/mol. The third-order valence-corrected chi connectivity index (χ3v) is 14.2. The molecule has 0 unspecified atom stereocenters. The van der Waals surface area contributed by atoms with Crippen molar-refractivity contribution < 1.29 is 30.5 Å². The predicted octanol–water partition coefficient (Wildman–Crippen LogP) is 3.59. The SMILES string of the molecule is CCn1c(=Cc2[se]c3ccccc3[n+]2CCCS(=O)(=O)O)sc(=CC=C2Sc3c(ccc4ccccc34)N2CCCCS(=O)(=O)O)c1=O. The van der Waals surface area contributed by atoms with E-state index in [-0.39, 0.29) is 38.0 Å². The van der Waals surface area contributed by atoms with Gasteiger partial charge < -0.3 is 0 Å². The Labute approximate surface area is 292 Å². The molecule has 1 aliphatic heterocycles. The fourth-order valence-corrected chi connectivity index (χ4v) is 11.6. The minimum absolute atomic E-state index is 0.0515. The van der Waals surface area contributed by atoms with Crippen molar-refractivity contribution in [3.63, 3.8) is 0 Å². The number of aryl methyl sites for hydroxylation is 1. The number of para-hydroxylation sites is 1. The molecule has 15 heteroatoms. The molecule has 1 aliphatic rings. The van der Waals surface area contributed by atoms with E-state index in [1.165, 1.54) is 15.6 Å². The van der Waals surface area contributed by atoms with Gasteiger partial charge in [0.15, 0.2) is 0 Å². The quantitative estimate of drug-likeness (QED) is 0.0841. The second kappa shape index (κ2) is 14.5. The summed E-state index contributed by atoms with van der Waals surface area (Å²) in [5.74, 6) is -0.619. The molecule has 3 aromatic carbocycles. The van der Waals surface area contributed by atoms with Gasteiger partial charge in [-0.3, -0.25) is 4.55 Å². The van der Waals surface area contributed by atoms with Crippen LogP contribution in [0.4, 0.5) is 5.69 Å². The molecule has 2 aromatic heterocycles. The maximum atomic E-state index is 13.6. The number of nitrogens with zero attached hydrogens (tertiary/aromatic N) is 3. The summed E-state index contributed by atoms with van der Waals surface area (Å²) in [6, 6.07) is 20.3. The summed E-state index contributed by atoms with van der Waals surface area (Å²) in [6.45, 7) is 3.38. The topological polar surface area (TPSA) is 138 Å². The fourth-order valence-electron chi connectivity index (χ4n) is 5.74. The van der Waals surface area contributed by atoms with Gasteiger partial charge in [0.25, 0.3) is 10.1 Å². The van der Waals surface area contributed by atoms with Crippen LogP contribution in [0.1, 0.15) is 30.8 Å². The summed E-state index contributed by atoms with van der Waals surface area (Å²) in [6.07, 6.45) is 6.96. The summed E-state index contributed by atoms with van der Waals surface area (Å²) in [5.41, 5.74) is 1.93. The third-order valence-electron chi connectivity index (χ3n) is 7.95. The first kappa shape index (κ1) is 34.8. The van der Waals surface area contributed by atoms with Gasteiger partial charge in [0.2, 0.25) is 0 Å². The molecule has 5 aromatic rings. The summed E-state index contributed by atoms with van der Waals surface area (Å²) in [4.78, 5) is 16.9. The molecule has 0 aliphatic carbocycles. The Morgan fingerprint density at radius 2 is 1.62 bits per heavy atom. The predicted molar refractivity (Wildman–Crippen MR) is 195 cm³/mol. The van der Waals surface area contributed by atoms with Crippen molar-refractivity contribution in [3.8, 4) is 0 Å². The Kier molecular flexibility index (Phi) is 10.5. The van der Waals surface area contributed by atoms with E-state index in [0.29, 0.717) is 37.0 Å². The number of anilines is 1. The van der Waals surface area contributed by atoms with Gasteiger partial charge in [-0.2, -0.15) is 8.42 Å². The molecule has 0 spiro atoms. The first-order valence-corrected chi connectivity index (χ1v) is 21.9. The van der Waals surface area contributed by atoms with Gasteiger partial charge in [-0.15, -0.1) is 0 Å². The number of allylic oxidation sites excluding steroid dienone is 1. The third kappa shape index (κ3) is 7.89. The molecule has 0 saturated heterocycles. The van der Waals surface area contributed by atoms with Crippen molar-refractivity contribution in [2.75, 3.05) is 23.0 Å². The Morgan fingerprint density at radius 1 is 0.896 bits per heavy atom. The molecule has 10 nitrogen and oxygen atoms in total. The van der Waals surface area contributed by atoms with Crippen LogP contribution in [-0.4, -0.2) is 63.1 Å². The number of hydrogen-bond acceptors (Lipinski definition) is 8. The molecule has 0 radical (unpaired) electrons. The number of rotatable bonds is 12. The van der Waals surface area contributed by atoms with Crippen LogP contribution in [0.5, 0.6) is 0 Å². The van der Waals surface area contributed by atoms with Gasteiger partial charge in [-0.05, 0) is 0 Å². The van der Waals surface area contributed by atoms with Crippen LogP contribution in [0.2, 0.25) is 0 Å².